The summed E-state index contributed by atoms with van der Waals surface area (Å²) >= 11 is 0. The van der Waals surface area contributed by atoms with E-state index in [9.17, 15) is 5.11 Å². The van der Waals surface area contributed by atoms with Crippen LogP contribution in [0.1, 0.15) is 25.3 Å². The lowest BCUT2D eigenvalue weighted by Crippen LogP contribution is -2.55. The van der Waals surface area contributed by atoms with Crippen LogP contribution in [0.15, 0.2) is 30.3 Å². The molecule has 3 aliphatic heterocycles. The molecule has 3 fully saturated rings. The third-order valence-corrected chi connectivity index (χ3v) is 7.85. The summed E-state index contributed by atoms with van der Waals surface area (Å²) in [6, 6.07) is 9.97. The van der Waals surface area contributed by atoms with Crippen molar-refractivity contribution in [2.75, 3.05) is 69.6 Å². The van der Waals surface area contributed by atoms with Gasteiger partial charge in [-0.1, -0.05) is 0 Å². The molecule has 0 bridgehead atoms. The fourth-order valence-corrected chi connectivity index (χ4v) is 5.67. The van der Waals surface area contributed by atoms with Crippen molar-refractivity contribution in [3.63, 3.8) is 0 Å². The number of fused-ring (bicyclic) bond motifs is 1. The van der Waals surface area contributed by atoms with Gasteiger partial charge in [-0.25, -0.2) is 4.98 Å². The van der Waals surface area contributed by atoms with E-state index in [2.05, 4.69) is 22.8 Å². The molecule has 2 aromatic heterocycles. The van der Waals surface area contributed by atoms with E-state index in [-0.39, 0.29) is 18.2 Å². The van der Waals surface area contributed by atoms with Crippen molar-refractivity contribution in [2.45, 2.75) is 38.0 Å². The number of anilines is 2. The zero-order chi connectivity index (χ0) is 26.1. The van der Waals surface area contributed by atoms with Gasteiger partial charge in [-0.2, -0.15) is 9.97 Å². The summed E-state index contributed by atoms with van der Waals surface area (Å²) < 4.78 is 23.0. The maximum Gasteiger partial charge on any atom is 0.229 e. The highest BCUT2D eigenvalue weighted by Crippen LogP contribution is 2.34. The number of hydrogen-bond donors (Lipinski definition) is 1. The van der Waals surface area contributed by atoms with Crippen molar-refractivity contribution in [2.24, 2.45) is 0 Å². The number of hydrogen-bond acceptors (Lipinski definition) is 10. The highest BCUT2D eigenvalue weighted by Gasteiger charge is 2.39. The van der Waals surface area contributed by atoms with Crippen LogP contribution in [0.5, 0.6) is 5.75 Å². The highest BCUT2D eigenvalue weighted by atomic mass is 16.5. The molecule has 0 aliphatic carbocycles. The molecule has 10 nitrogen and oxygen atoms in total. The van der Waals surface area contributed by atoms with Crippen LogP contribution < -0.4 is 14.5 Å². The normalized spacial score (nSPS) is 21.7. The monoisotopic (exact) mass is 521 g/mol. The lowest BCUT2D eigenvalue weighted by molar-refractivity contribution is -0.116. The fraction of sp³-hybridized carbons (Fsp3) is 0.536. The van der Waals surface area contributed by atoms with Gasteiger partial charge >= 0.3 is 0 Å². The molecule has 1 atom stereocenters. The topological polar surface area (TPSA) is 102 Å². The zero-order valence-corrected chi connectivity index (χ0v) is 22.1. The number of ether oxygens (including phenoxy) is 4. The van der Waals surface area contributed by atoms with E-state index < -0.39 is 0 Å². The maximum absolute atomic E-state index is 9.82. The molecule has 10 heteroatoms. The van der Waals surface area contributed by atoms with Crippen LogP contribution in [-0.4, -0.2) is 91.5 Å². The largest absolute Gasteiger partial charge is 0.496 e. The number of aromatic nitrogens is 3. The van der Waals surface area contributed by atoms with Gasteiger partial charge in [0, 0.05) is 50.3 Å². The summed E-state index contributed by atoms with van der Waals surface area (Å²) in [5, 5.41) is 10.7. The van der Waals surface area contributed by atoms with Gasteiger partial charge in [-0.15, -0.1) is 0 Å². The van der Waals surface area contributed by atoms with Crippen molar-refractivity contribution < 1.29 is 24.1 Å². The Morgan fingerprint density at radius 3 is 2.68 bits per heavy atom. The third-order valence-electron chi connectivity index (χ3n) is 7.85. The summed E-state index contributed by atoms with van der Waals surface area (Å²) in [7, 11) is 1.60. The quantitative estimate of drug-likeness (QED) is 0.539. The first-order valence-corrected chi connectivity index (χ1v) is 13.4. The van der Waals surface area contributed by atoms with Gasteiger partial charge in [-0.3, -0.25) is 0 Å². The van der Waals surface area contributed by atoms with Crippen molar-refractivity contribution >= 4 is 22.8 Å². The first-order valence-electron chi connectivity index (χ1n) is 13.4. The van der Waals surface area contributed by atoms with Crippen molar-refractivity contribution in [3.05, 3.63) is 35.9 Å². The molecule has 1 N–H and O–H groups in total. The van der Waals surface area contributed by atoms with E-state index in [1.165, 1.54) is 0 Å². The smallest absolute Gasteiger partial charge is 0.229 e. The third kappa shape index (κ3) is 4.77. The number of aliphatic hydroxyl groups excluding tert-OH is 1. The second-order valence-corrected chi connectivity index (χ2v) is 10.3. The second kappa shape index (κ2) is 10.6. The molecule has 0 amide bonds. The zero-order valence-electron chi connectivity index (χ0n) is 22.1. The SMILES string of the molecule is COc1ccc(-c2ccc3c(N4CCOC[C@@H]4C)nc(N4CCOC5(CCOCC5)C4)nc3n2)cc1CO. The van der Waals surface area contributed by atoms with E-state index >= 15 is 0 Å². The van der Waals surface area contributed by atoms with Crippen LogP contribution in [0, 0.1) is 0 Å². The van der Waals surface area contributed by atoms with Crippen LogP contribution in [0.3, 0.4) is 0 Å². The molecule has 0 radical (unpaired) electrons. The van der Waals surface area contributed by atoms with Gasteiger partial charge < -0.3 is 33.9 Å². The van der Waals surface area contributed by atoms with Crippen LogP contribution in [0.2, 0.25) is 0 Å². The molecule has 3 saturated heterocycles. The van der Waals surface area contributed by atoms with E-state index in [1.54, 1.807) is 7.11 Å². The summed E-state index contributed by atoms with van der Waals surface area (Å²) in [5.74, 6) is 2.22. The van der Waals surface area contributed by atoms with Gasteiger partial charge in [0.25, 0.3) is 0 Å². The van der Waals surface area contributed by atoms with Crippen molar-refractivity contribution in [1.82, 2.24) is 15.0 Å². The molecular weight excluding hydrogens is 486 g/mol. The van der Waals surface area contributed by atoms with Gasteiger partial charge in [0.15, 0.2) is 5.65 Å². The molecule has 202 valence electrons. The van der Waals surface area contributed by atoms with Crippen LogP contribution in [0.25, 0.3) is 22.3 Å². The Morgan fingerprint density at radius 2 is 1.89 bits per heavy atom. The molecule has 3 aliphatic rings. The molecular formula is C28H35N5O5. The Morgan fingerprint density at radius 1 is 1.03 bits per heavy atom. The summed E-state index contributed by atoms with van der Waals surface area (Å²) in [6.07, 6.45) is 1.75. The Labute approximate surface area is 222 Å². The fourth-order valence-electron chi connectivity index (χ4n) is 5.67. The highest BCUT2D eigenvalue weighted by molar-refractivity contribution is 5.90. The van der Waals surface area contributed by atoms with Crippen LogP contribution in [0.4, 0.5) is 11.8 Å². The Kier molecular flexibility index (Phi) is 7.05. The average molecular weight is 522 g/mol. The summed E-state index contributed by atoms with van der Waals surface area (Å²) in [6.45, 7) is 7.65. The number of nitrogens with zero attached hydrogens (tertiary/aromatic N) is 5. The number of rotatable bonds is 5. The predicted octanol–water partition coefficient (Wildman–Crippen LogP) is 2.80. The van der Waals surface area contributed by atoms with Gasteiger partial charge in [0.1, 0.15) is 11.6 Å². The molecule has 6 rings (SSSR count). The Balaban J connectivity index is 1.43. The van der Waals surface area contributed by atoms with Crippen molar-refractivity contribution in [1.29, 1.82) is 0 Å². The number of aliphatic hydroxyl groups is 1. The molecule has 1 aromatic carbocycles. The Bertz CT molecular complexity index is 1290. The van der Waals surface area contributed by atoms with Gasteiger partial charge in [-0.05, 0) is 37.3 Å². The van der Waals surface area contributed by atoms with E-state index in [1.807, 2.05) is 24.3 Å². The van der Waals surface area contributed by atoms with Crippen LogP contribution >= 0.6 is 0 Å². The van der Waals surface area contributed by atoms with Crippen molar-refractivity contribution in [3.8, 4) is 17.0 Å². The molecule has 3 aromatic rings. The minimum Gasteiger partial charge on any atom is -0.496 e. The minimum absolute atomic E-state index is 0.111. The number of benzene rings is 1. The first-order chi connectivity index (χ1) is 18.6. The standard InChI is InChI=1S/C28H35N5O5/c1-19-17-37-13-10-33(19)26-22-4-5-23(20-3-6-24(35-2)21(15-20)16-34)29-25(22)30-27(31-26)32-9-14-38-28(18-32)7-11-36-12-8-28/h3-6,15,19,34H,7-14,16-18H2,1-2H3/t19-/m0/s1. The van der Waals surface area contributed by atoms with E-state index in [0.717, 1.165) is 54.9 Å². The molecule has 5 heterocycles. The lowest BCUT2D eigenvalue weighted by atomic mass is 9.92. The number of morpholine rings is 2. The van der Waals surface area contributed by atoms with Crippen LogP contribution in [-0.2, 0) is 20.8 Å². The van der Waals surface area contributed by atoms with Gasteiger partial charge in [0.2, 0.25) is 5.95 Å². The maximum atomic E-state index is 9.82. The molecule has 0 saturated carbocycles. The summed E-state index contributed by atoms with van der Waals surface area (Å²) in [5.41, 5.74) is 2.82. The molecule has 38 heavy (non-hydrogen) atoms. The second-order valence-electron chi connectivity index (χ2n) is 10.3. The summed E-state index contributed by atoms with van der Waals surface area (Å²) in [4.78, 5) is 19.7. The number of pyridine rings is 1. The first kappa shape index (κ1) is 25.2. The number of methoxy groups -OCH3 is 1. The van der Waals surface area contributed by atoms with E-state index in [4.69, 9.17) is 33.9 Å². The lowest BCUT2D eigenvalue weighted by Gasteiger charge is -2.45. The average Bonchev–Trinajstić information content (AvgIpc) is 2.96. The minimum atomic E-state index is -0.222. The van der Waals surface area contributed by atoms with Gasteiger partial charge in [0.05, 0.1) is 62.8 Å². The molecule has 0 unspecified atom stereocenters. The Hall–Kier alpha value is -3.05. The van der Waals surface area contributed by atoms with E-state index in [0.29, 0.717) is 55.9 Å². The predicted molar refractivity (Wildman–Crippen MR) is 144 cm³/mol. The molecule has 1 spiro atoms.